The number of carbonyl (C=O) groups is 1. The van der Waals surface area contributed by atoms with E-state index in [4.69, 9.17) is 4.42 Å². The molecule has 2 heterocycles. The van der Waals surface area contributed by atoms with E-state index >= 15 is 0 Å². The molecule has 1 aromatic heterocycles. The lowest BCUT2D eigenvalue weighted by Gasteiger charge is -2.34. The van der Waals surface area contributed by atoms with Crippen LogP contribution in [-0.4, -0.2) is 33.6 Å². The number of piperidine rings is 1. The third-order valence-electron chi connectivity index (χ3n) is 4.37. The molecule has 128 valence electrons. The van der Waals surface area contributed by atoms with Gasteiger partial charge in [-0.05, 0) is 24.9 Å². The lowest BCUT2D eigenvalue weighted by Crippen LogP contribution is -2.48. The van der Waals surface area contributed by atoms with Crippen LogP contribution < -0.4 is 5.32 Å². The largest absolute Gasteiger partial charge is 0.423 e. The summed E-state index contributed by atoms with van der Waals surface area (Å²) >= 11 is 0. The van der Waals surface area contributed by atoms with Crippen molar-refractivity contribution in [2.45, 2.75) is 51.7 Å². The van der Waals surface area contributed by atoms with Crippen molar-refractivity contribution in [1.82, 2.24) is 20.4 Å². The Morgan fingerprint density at radius 3 is 2.79 bits per heavy atom. The van der Waals surface area contributed by atoms with Gasteiger partial charge in [0.15, 0.2) is 0 Å². The van der Waals surface area contributed by atoms with Crippen molar-refractivity contribution >= 4 is 5.91 Å². The molecule has 24 heavy (non-hydrogen) atoms. The van der Waals surface area contributed by atoms with E-state index in [0.29, 0.717) is 24.7 Å². The molecule has 1 aliphatic rings. The maximum Gasteiger partial charge on any atom is 0.237 e. The third kappa shape index (κ3) is 4.20. The Kier molecular flexibility index (Phi) is 5.59. The lowest BCUT2D eigenvalue weighted by molar-refractivity contribution is -0.128. The number of rotatable bonds is 6. The number of amides is 1. The van der Waals surface area contributed by atoms with Crippen molar-refractivity contribution in [1.29, 1.82) is 0 Å². The first kappa shape index (κ1) is 16.6. The molecule has 1 amide bonds. The second kappa shape index (κ2) is 8.06. The van der Waals surface area contributed by atoms with Crippen molar-refractivity contribution in [2.24, 2.45) is 0 Å². The van der Waals surface area contributed by atoms with Crippen LogP contribution >= 0.6 is 0 Å². The molecule has 1 atom stereocenters. The normalized spacial score (nSPS) is 18.5. The van der Waals surface area contributed by atoms with Crippen molar-refractivity contribution in [3.63, 3.8) is 0 Å². The summed E-state index contributed by atoms with van der Waals surface area (Å²) in [5, 5.41) is 10.8. The van der Waals surface area contributed by atoms with Crippen LogP contribution in [0.5, 0.6) is 0 Å². The predicted molar refractivity (Wildman–Crippen MR) is 90.0 cm³/mol. The van der Waals surface area contributed by atoms with E-state index in [1.807, 2.05) is 25.1 Å². The lowest BCUT2D eigenvalue weighted by atomic mass is 10.0. The Bertz CT molecular complexity index is 656. The van der Waals surface area contributed by atoms with Gasteiger partial charge in [0.2, 0.25) is 17.7 Å². The smallest absolute Gasteiger partial charge is 0.237 e. The monoisotopic (exact) mass is 328 g/mol. The first-order valence-corrected chi connectivity index (χ1v) is 8.63. The molecular weight excluding hydrogens is 304 g/mol. The maximum absolute atomic E-state index is 12.6. The fraction of sp³-hybridized carbons (Fsp3) is 0.500. The van der Waals surface area contributed by atoms with Gasteiger partial charge in [-0.25, -0.2) is 0 Å². The Morgan fingerprint density at radius 2 is 2.04 bits per heavy atom. The zero-order valence-electron chi connectivity index (χ0n) is 14.1. The zero-order valence-corrected chi connectivity index (χ0v) is 14.1. The Hall–Kier alpha value is -2.21. The summed E-state index contributed by atoms with van der Waals surface area (Å²) in [6.45, 7) is 4.01. The first-order valence-electron chi connectivity index (χ1n) is 8.63. The molecular formula is C18H24N4O2. The number of aryl methyl sites for hydroxylation is 1. The standard InChI is InChI=1S/C18H24N4O2/c1-2-16-20-21-17(24-16)12-19-18(23)15-10-6-7-11-22(15)13-14-8-4-3-5-9-14/h3-5,8-9,15H,2,6-7,10-13H2,1H3,(H,19,23). The Balaban J connectivity index is 1.58. The van der Waals surface area contributed by atoms with Crippen LogP contribution in [0.15, 0.2) is 34.7 Å². The fourth-order valence-electron chi connectivity index (χ4n) is 3.08. The number of hydrogen-bond acceptors (Lipinski definition) is 5. The van der Waals surface area contributed by atoms with E-state index in [9.17, 15) is 4.79 Å². The number of hydrogen-bond donors (Lipinski definition) is 1. The molecule has 3 rings (SSSR count). The van der Waals surface area contributed by atoms with Crippen LogP contribution in [0.2, 0.25) is 0 Å². The predicted octanol–water partition coefficient (Wildman–Crippen LogP) is 2.30. The van der Waals surface area contributed by atoms with Crippen molar-refractivity contribution < 1.29 is 9.21 Å². The van der Waals surface area contributed by atoms with Gasteiger partial charge in [0.25, 0.3) is 0 Å². The molecule has 0 aliphatic carbocycles. The van der Waals surface area contributed by atoms with Crippen molar-refractivity contribution in [2.75, 3.05) is 6.54 Å². The summed E-state index contributed by atoms with van der Waals surface area (Å²) in [6.07, 6.45) is 3.82. The second-order valence-corrected chi connectivity index (χ2v) is 6.13. The number of likely N-dealkylation sites (tertiary alicyclic amines) is 1. The average molecular weight is 328 g/mol. The maximum atomic E-state index is 12.6. The summed E-state index contributed by atoms with van der Waals surface area (Å²) in [6, 6.07) is 10.2. The molecule has 1 saturated heterocycles. The van der Waals surface area contributed by atoms with Crippen LogP contribution in [0.1, 0.15) is 43.5 Å². The molecule has 0 radical (unpaired) electrons. The van der Waals surface area contributed by atoms with E-state index in [1.165, 1.54) is 5.56 Å². The second-order valence-electron chi connectivity index (χ2n) is 6.13. The van der Waals surface area contributed by atoms with Crippen LogP contribution in [0.4, 0.5) is 0 Å². The highest BCUT2D eigenvalue weighted by molar-refractivity contribution is 5.81. The highest BCUT2D eigenvalue weighted by Crippen LogP contribution is 2.20. The van der Waals surface area contributed by atoms with Crippen LogP contribution in [0.25, 0.3) is 0 Å². The van der Waals surface area contributed by atoms with Crippen LogP contribution in [-0.2, 0) is 24.3 Å². The van der Waals surface area contributed by atoms with Gasteiger partial charge in [-0.15, -0.1) is 10.2 Å². The van der Waals surface area contributed by atoms with Crippen LogP contribution in [0.3, 0.4) is 0 Å². The van der Waals surface area contributed by atoms with E-state index in [-0.39, 0.29) is 11.9 Å². The molecule has 1 fully saturated rings. The van der Waals surface area contributed by atoms with Gasteiger partial charge >= 0.3 is 0 Å². The minimum Gasteiger partial charge on any atom is -0.423 e. The minimum atomic E-state index is -0.0903. The number of nitrogens with one attached hydrogen (secondary N) is 1. The topological polar surface area (TPSA) is 71.3 Å². The molecule has 1 N–H and O–H groups in total. The first-order chi connectivity index (χ1) is 11.8. The van der Waals surface area contributed by atoms with Gasteiger partial charge in [-0.2, -0.15) is 0 Å². The number of carbonyl (C=O) groups excluding carboxylic acids is 1. The molecule has 0 saturated carbocycles. The van der Waals surface area contributed by atoms with E-state index in [1.54, 1.807) is 0 Å². The van der Waals surface area contributed by atoms with Gasteiger partial charge in [0.1, 0.15) is 0 Å². The van der Waals surface area contributed by atoms with Gasteiger partial charge in [-0.1, -0.05) is 43.7 Å². The SMILES string of the molecule is CCc1nnc(CNC(=O)C2CCCCN2Cc2ccccc2)o1. The quantitative estimate of drug-likeness (QED) is 0.881. The van der Waals surface area contributed by atoms with Gasteiger partial charge in [0, 0.05) is 13.0 Å². The van der Waals surface area contributed by atoms with Gasteiger partial charge in [0.05, 0.1) is 12.6 Å². The summed E-state index contributed by atoms with van der Waals surface area (Å²) in [5.41, 5.74) is 1.24. The molecule has 1 aliphatic heterocycles. The van der Waals surface area contributed by atoms with E-state index in [0.717, 1.165) is 32.4 Å². The Morgan fingerprint density at radius 1 is 1.25 bits per heavy atom. The molecule has 0 bridgehead atoms. The number of aromatic nitrogens is 2. The molecule has 2 aromatic rings. The molecule has 6 heteroatoms. The molecule has 0 spiro atoms. The zero-order chi connectivity index (χ0) is 16.8. The van der Waals surface area contributed by atoms with Gasteiger partial charge in [-0.3, -0.25) is 9.69 Å². The molecule has 6 nitrogen and oxygen atoms in total. The van der Waals surface area contributed by atoms with Crippen LogP contribution in [0, 0.1) is 0 Å². The summed E-state index contributed by atoms with van der Waals surface area (Å²) < 4.78 is 5.44. The molecule has 1 aromatic carbocycles. The summed E-state index contributed by atoms with van der Waals surface area (Å²) in [5.74, 6) is 1.11. The summed E-state index contributed by atoms with van der Waals surface area (Å²) in [4.78, 5) is 14.9. The summed E-state index contributed by atoms with van der Waals surface area (Å²) in [7, 11) is 0. The van der Waals surface area contributed by atoms with E-state index < -0.39 is 0 Å². The van der Waals surface area contributed by atoms with Crippen molar-refractivity contribution in [3.8, 4) is 0 Å². The van der Waals surface area contributed by atoms with Crippen molar-refractivity contribution in [3.05, 3.63) is 47.7 Å². The Labute approximate surface area is 142 Å². The van der Waals surface area contributed by atoms with Gasteiger partial charge < -0.3 is 9.73 Å². The molecule has 1 unspecified atom stereocenters. The fourth-order valence-corrected chi connectivity index (χ4v) is 3.08. The highest BCUT2D eigenvalue weighted by Gasteiger charge is 2.28. The average Bonchev–Trinajstić information content (AvgIpc) is 3.09. The highest BCUT2D eigenvalue weighted by atomic mass is 16.4. The minimum absolute atomic E-state index is 0.0434. The van der Waals surface area contributed by atoms with E-state index in [2.05, 4.69) is 32.5 Å². The number of nitrogens with zero attached hydrogens (tertiary/aromatic N) is 3. The third-order valence-corrected chi connectivity index (χ3v) is 4.37. The number of benzene rings is 1.